The number of carbonyl (C=O) groups is 4. The normalized spacial score (nSPS) is 14.3. The first-order valence-corrected chi connectivity index (χ1v) is 11.2. The molecule has 0 spiro atoms. The molecule has 1 atom stereocenters. The van der Waals surface area contributed by atoms with Crippen LogP contribution in [0.3, 0.4) is 0 Å². The second kappa shape index (κ2) is 12.0. The summed E-state index contributed by atoms with van der Waals surface area (Å²) in [5, 5.41) is 5.37. The zero-order valence-electron chi connectivity index (χ0n) is 18.9. The lowest BCUT2D eigenvalue weighted by Gasteiger charge is -2.31. The smallest absolute Gasteiger partial charge is 0.325 e. The topological polar surface area (TPSA) is 118 Å². The summed E-state index contributed by atoms with van der Waals surface area (Å²) < 4.78 is 23.6. The monoisotopic (exact) mass is 473 g/mol. The number of nitrogens with zero attached hydrogens (tertiary/aromatic N) is 1. The summed E-state index contributed by atoms with van der Waals surface area (Å²) in [5.41, 5.74) is 0.326. The van der Waals surface area contributed by atoms with Gasteiger partial charge in [0.2, 0.25) is 11.8 Å². The van der Waals surface area contributed by atoms with E-state index in [0.717, 1.165) is 30.6 Å². The number of hydrogen-bond donors (Lipinski definition) is 2. The van der Waals surface area contributed by atoms with Gasteiger partial charge in [-0.25, -0.2) is 4.39 Å². The third-order valence-corrected chi connectivity index (χ3v) is 5.52. The molecule has 0 aliphatic heterocycles. The van der Waals surface area contributed by atoms with E-state index in [0.29, 0.717) is 5.56 Å². The predicted molar refractivity (Wildman–Crippen MR) is 119 cm³/mol. The van der Waals surface area contributed by atoms with E-state index in [4.69, 9.17) is 9.15 Å². The van der Waals surface area contributed by atoms with Crippen molar-refractivity contribution in [1.82, 2.24) is 15.5 Å². The minimum absolute atomic E-state index is 0.0128. The molecule has 34 heavy (non-hydrogen) atoms. The van der Waals surface area contributed by atoms with Crippen molar-refractivity contribution in [3.8, 4) is 0 Å². The van der Waals surface area contributed by atoms with Gasteiger partial charge in [-0.3, -0.25) is 19.2 Å². The minimum Gasteiger partial charge on any atom is -0.465 e. The number of benzene rings is 1. The summed E-state index contributed by atoms with van der Waals surface area (Å²) >= 11 is 0. The lowest BCUT2D eigenvalue weighted by atomic mass is 10.0. The number of ether oxygens (including phenoxy) is 1. The van der Waals surface area contributed by atoms with Crippen LogP contribution in [0.25, 0.3) is 0 Å². The lowest BCUT2D eigenvalue weighted by molar-refractivity contribution is -0.152. The highest BCUT2D eigenvalue weighted by Gasteiger charge is 2.35. The fraction of sp³-hybridized carbons (Fsp3) is 0.417. The molecule has 3 rings (SSSR count). The molecule has 0 unspecified atom stereocenters. The van der Waals surface area contributed by atoms with E-state index in [-0.39, 0.29) is 18.4 Å². The summed E-state index contributed by atoms with van der Waals surface area (Å²) in [7, 11) is 0. The number of nitrogens with one attached hydrogen (secondary N) is 2. The van der Waals surface area contributed by atoms with Crippen molar-refractivity contribution in [2.24, 2.45) is 0 Å². The van der Waals surface area contributed by atoms with Gasteiger partial charge in [-0.15, -0.1) is 0 Å². The SMILES string of the molecule is CCOC(=O)CN(C(=O)CNC(=O)c1ccco1)[C@@H](C(=O)NC1CCCC1)c1ccc(F)cc1. The Hall–Kier alpha value is -3.69. The Bertz CT molecular complexity index is 987. The first-order chi connectivity index (χ1) is 16.4. The van der Waals surface area contributed by atoms with Crippen molar-refractivity contribution in [2.75, 3.05) is 19.7 Å². The largest absolute Gasteiger partial charge is 0.465 e. The van der Waals surface area contributed by atoms with Crippen molar-refractivity contribution in [3.63, 3.8) is 0 Å². The fourth-order valence-electron chi connectivity index (χ4n) is 3.89. The van der Waals surface area contributed by atoms with Crippen LogP contribution < -0.4 is 10.6 Å². The van der Waals surface area contributed by atoms with Crippen LogP contribution in [0.1, 0.15) is 54.8 Å². The van der Waals surface area contributed by atoms with Crippen LogP contribution in [0, 0.1) is 5.82 Å². The summed E-state index contributed by atoms with van der Waals surface area (Å²) in [6.07, 6.45) is 4.91. The average Bonchev–Trinajstić information content (AvgIpc) is 3.53. The van der Waals surface area contributed by atoms with Crippen LogP contribution in [0.2, 0.25) is 0 Å². The van der Waals surface area contributed by atoms with Gasteiger partial charge in [0.15, 0.2) is 5.76 Å². The van der Waals surface area contributed by atoms with Gasteiger partial charge < -0.3 is 24.7 Å². The van der Waals surface area contributed by atoms with E-state index in [9.17, 15) is 23.6 Å². The van der Waals surface area contributed by atoms with Gasteiger partial charge in [0, 0.05) is 6.04 Å². The van der Waals surface area contributed by atoms with E-state index < -0.39 is 48.6 Å². The van der Waals surface area contributed by atoms with E-state index in [1.54, 1.807) is 6.92 Å². The van der Waals surface area contributed by atoms with Gasteiger partial charge in [0.25, 0.3) is 5.91 Å². The first-order valence-electron chi connectivity index (χ1n) is 11.2. The molecular formula is C24H28FN3O6. The van der Waals surface area contributed by atoms with Gasteiger partial charge >= 0.3 is 5.97 Å². The first kappa shape index (κ1) is 24.9. The Morgan fingerprint density at radius 2 is 1.85 bits per heavy atom. The molecule has 3 amide bonds. The molecule has 2 N–H and O–H groups in total. The second-order valence-electron chi connectivity index (χ2n) is 7.93. The van der Waals surface area contributed by atoms with Crippen LogP contribution in [0.15, 0.2) is 47.1 Å². The van der Waals surface area contributed by atoms with Gasteiger partial charge in [-0.2, -0.15) is 0 Å². The minimum atomic E-state index is -1.22. The van der Waals surface area contributed by atoms with Crippen LogP contribution in [-0.4, -0.2) is 54.3 Å². The number of esters is 1. The summed E-state index contributed by atoms with van der Waals surface area (Å²) in [6, 6.07) is 6.83. The number of rotatable bonds is 10. The molecular weight excluding hydrogens is 445 g/mol. The standard InChI is InChI=1S/C24H28FN3O6/c1-2-33-21(30)15-28(20(29)14-26-23(31)19-8-5-13-34-19)22(16-9-11-17(25)12-10-16)24(32)27-18-6-3-4-7-18/h5,8-13,18,22H,2-4,6-7,14-15H2,1H3,(H,26,31)(H,27,32)/t22-/m1/s1. The van der Waals surface area contributed by atoms with Crippen molar-refractivity contribution < 1.29 is 32.7 Å². The number of amides is 3. The van der Waals surface area contributed by atoms with E-state index in [2.05, 4.69) is 10.6 Å². The molecule has 2 aromatic rings. The Morgan fingerprint density at radius 1 is 1.15 bits per heavy atom. The third-order valence-electron chi connectivity index (χ3n) is 5.52. The molecule has 1 aliphatic carbocycles. The molecule has 1 saturated carbocycles. The number of furan rings is 1. The molecule has 0 bridgehead atoms. The quantitative estimate of drug-likeness (QED) is 0.512. The summed E-state index contributed by atoms with van der Waals surface area (Å²) in [4.78, 5) is 52.1. The summed E-state index contributed by atoms with van der Waals surface area (Å²) in [5.74, 6) is -3.01. The Balaban J connectivity index is 1.86. The fourth-order valence-corrected chi connectivity index (χ4v) is 3.89. The molecule has 10 heteroatoms. The summed E-state index contributed by atoms with van der Waals surface area (Å²) in [6.45, 7) is 0.695. The lowest BCUT2D eigenvalue weighted by Crippen LogP contribution is -2.50. The molecule has 0 saturated heterocycles. The molecule has 1 aliphatic rings. The van der Waals surface area contributed by atoms with Crippen molar-refractivity contribution >= 4 is 23.7 Å². The number of hydrogen-bond acceptors (Lipinski definition) is 6. The predicted octanol–water partition coefficient (Wildman–Crippen LogP) is 2.34. The Morgan fingerprint density at radius 3 is 2.47 bits per heavy atom. The third kappa shape index (κ3) is 6.66. The van der Waals surface area contributed by atoms with Crippen LogP contribution in [0.4, 0.5) is 4.39 Å². The van der Waals surface area contributed by atoms with E-state index in [1.807, 2.05) is 0 Å². The van der Waals surface area contributed by atoms with E-state index >= 15 is 0 Å². The molecule has 0 radical (unpaired) electrons. The maximum Gasteiger partial charge on any atom is 0.325 e. The highest BCUT2D eigenvalue weighted by molar-refractivity contribution is 5.96. The van der Waals surface area contributed by atoms with Gasteiger partial charge in [0.05, 0.1) is 19.4 Å². The van der Waals surface area contributed by atoms with Crippen molar-refractivity contribution in [2.45, 2.75) is 44.7 Å². The highest BCUT2D eigenvalue weighted by Crippen LogP contribution is 2.25. The average molecular weight is 474 g/mol. The highest BCUT2D eigenvalue weighted by atomic mass is 19.1. The van der Waals surface area contributed by atoms with Crippen LogP contribution in [0.5, 0.6) is 0 Å². The zero-order chi connectivity index (χ0) is 24.5. The van der Waals surface area contributed by atoms with Gasteiger partial charge in [0.1, 0.15) is 18.4 Å². The molecule has 1 aromatic carbocycles. The van der Waals surface area contributed by atoms with Crippen molar-refractivity contribution in [1.29, 1.82) is 0 Å². The number of carbonyl (C=O) groups excluding carboxylic acids is 4. The molecule has 1 heterocycles. The number of halogens is 1. The maximum absolute atomic E-state index is 13.6. The van der Waals surface area contributed by atoms with Crippen LogP contribution >= 0.6 is 0 Å². The molecule has 9 nitrogen and oxygen atoms in total. The van der Waals surface area contributed by atoms with Gasteiger partial charge in [-0.1, -0.05) is 25.0 Å². The Kier molecular flexibility index (Phi) is 8.78. The zero-order valence-corrected chi connectivity index (χ0v) is 18.9. The maximum atomic E-state index is 13.6. The molecule has 182 valence electrons. The molecule has 1 aromatic heterocycles. The Labute approximate surface area is 196 Å². The van der Waals surface area contributed by atoms with Crippen molar-refractivity contribution in [3.05, 3.63) is 59.8 Å². The van der Waals surface area contributed by atoms with Crippen LogP contribution in [-0.2, 0) is 19.1 Å². The molecule has 1 fully saturated rings. The van der Waals surface area contributed by atoms with E-state index in [1.165, 1.54) is 42.7 Å². The second-order valence-corrected chi connectivity index (χ2v) is 7.93. The van der Waals surface area contributed by atoms with Gasteiger partial charge in [-0.05, 0) is 49.6 Å².